The molecule has 1 aromatic carbocycles. The number of hydrogen-bond acceptors (Lipinski definition) is 4. The van der Waals surface area contributed by atoms with Gasteiger partial charge in [-0.15, -0.1) is 0 Å². The van der Waals surface area contributed by atoms with E-state index in [1.165, 1.54) is 12.1 Å². The van der Waals surface area contributed by atoms with Gasteiger partial charge in [-0.2, -0.15) is 0 Å². The molecule has 0 unspecified atom stereocenters. The van der Waals surface area contributed by atoms with Gasteiger partial charge in [0.25, 0.3) is 0 Å². The molecule has 0 spiro atoms. The number of ether oxygens (including phenoxy) is 2. The lowest BCUT2D eigenvalue weighted by Crippen LogP contribution is -2.19. The molecule has 0 saturated heterocycles. The van der Waals surface area contributed by atoms with Crippen LogP contribution in [0.3, 0.4) is 0 Å². The Morgan fingerprint density at radius 3 is 2.71 bits per heavy atom. The molecule has 0 fully saturated rings. The van der Waals surface area contributed by atoms with Gasteiger partial charge in [-0.3, -0.25) is 0 Å². The van der Waals surface area contributed by atoms with Gasteiger partial charge in [0.1, 0.15) is 0 Å². The first-order chi connectivity index (χ1) is 7.90. The van der Waals surface area contributed by atoms with Crippen molar-refractivity contribution < 1.29 is 18.7 Å². The van der Waals surface area contributed by atoms with Crippen LogP contribution in [0.1, 0.15) is 19.4 Å². The molecule has 2 N–H and O–H groups in total. The molecule has 0 atom stereocenters. The van der Waals surface area contributed by atoms with Crippen molar-refractivity contribution in [2.75, 3.05) is 12.3 Å². The van der Waals surface area contributed by atoms with Crippen LogP contribution < -0.4 is 10.5 Å². The maximum Gasteiger partial charge on any atom is 0.344 e. The third kappa shape index (κ3) is 3.94. The van der Waals surface area contributed by atoms with Crippen molar-refractivity contribution >= 4 is 11.7 Å². The molecule has 0 aliphatic heterocycles. The molecule has 1 aromatic rings. The lowest BCUT2D eigenvalue weighted by atomic mass is 10.2. The number of carbonyl (C=O) groups excluding carboxylic acids is 1. The average Bonchev–Trinajstić information content (AvgIpc) is 2.20. The summed E-state index contributed by atoms with van der Waals surface area (Å²) in [7, 11) is 0. The fourth-order valence-corrected chi connectivity index (χ4v) is 1.21. The molecule has 0 amide bonds. The Hall–Kier alpha value is -1.78. The minimum absolute atomic E-state index is 0.00240. The van der Waals surface area contributed by atoms with E-state index in [2.05, 4.69) is 0 Å². The molecule has 94 valence electrons. The number of benzene rings is 1. The van der Waals surface area contributed by atoms with Gasteiger partial charge in [0, 0.05) is 11.8 Å². The number of esters is 1. The third-order valence-electron chi connectivity index (χ3n) is 2.03. The molecule has 5 heteroatoms. The van der Waals surface area contributed by atoms with Crippen LogP contribution in [0.4, 0.5) is 10.1 Å². The summed E-state index contributed by atoms with van der Waals surface area (Å²) in [5.74, 6) is -1.13. The molecule has 0 aliphatic rings. The van der Waals surface area contributed by atoms with Crippen LogP contribution >= 0.6 is 0 Å². The van der Waals surface area contributed by atoms with Crippen molar-refractivity contribution in [2.24, 2.45) is 0 Å². The van der Waals surface area contributed by atoms with E-state index in [9.17, 15) is 9.18 Å². The van der Waals surface area contributed by atoms with E-state index in [1.54, 1.807) is 20.8 Å². The van der Waals surface area contributed by atoms with Crippen LogP contribution in [0, 0.1) is 12.7 Å². The highest BCUT2D eigenvalue weighted by molar-refractivity contribution is 5.71. The van der Waals surface area contributed by atoms with E-state index in [-0.39, 0.29) is 18.5 Å². The highest BCUT2D eigenvalue weighted by atomic mass is 19.1. The number of rotatable bonds is 4. The van der Waals surface area contributed by atoms with Crippen molar-refractivity contribution in [1.82, 2.24) is 0 Å². The average molecular weight is 241 g/mol. The molecule has 4 nitrogen and oxygen atoms in total. The maximum atomic E-state index is 13.4. The summed E-state index contributed by atoms with van der Waals surface area (Å²) in [6, 6.07) is 2.62. The predicted octanol–water partition coefficient (Wildman–Crippen LogP) is 2.05. The Kier molecular flexibility index (Phi) is 4.31. The van der Waals surface area contributed by atoms with Crippen LogP contribution in [-0.2, 0) is 9.53 Å². The van der Waals surface area contributed by atoms with Gasteiger partial charge in [0.15, 0.2) is 18.2 Å². The maximum absolute atomic E-state index is 13.4. The molecule has 0 aliphatic carbocycles. The van der Waals surface area contributed by atoms with Crippen LogP contribution in [0.2, 0.25) is 0 Å². The number of hydrogen-bond donors (Lipinski definition) is 1. The Balaban J connectivity index is 2.63. The van der Waals surface area contributed by atoms with Crippen LogP contribution in [0.15, 0.2) is 12.1 Å². The first-order valence-electron chi connectivity index (χ1n) is 5.28. The highest BCUT2D eigenvalue weighted by Crippen LogP contribution is 2.23. The zero-order valence-electron chi connectivity index (χ0n) is 10.1. The monoisotopic (exact) mass is 241 g/mol. The molecule has 0 saturated carbocycles. The molecule has 0 bridgehead atoms. The number of carbonyl (C=O) groups is 1. The van der Waals surface area contributed by atoms with E-state index in [0.29, 0.717) is 11.3 Å². The lowest BCUT2D eigenvalue weighted by molar-refractivity contribution is -0.149. The molecule has 17 heavy (non-hydrogen) atoms. The van der Waals surface area contributed by atoms with E-state index < -0.39 is 11.8 Å². The minimum atomic E-state index is -0.592. The predicted molar refractivity (Wildman–Crippen MR) is 62.3 cm³/mol. The summed E-state index contributed by atoms with van der Waals surface area (Å²) in [5, 5.41) is 0. The molecular weight excluding hydrogens is 225 g/mol. The Morgan fingerprint density at radius 1 is 1.47 bits per heavy atom. The van der Waals surface area contributed by atoms with Crippen LogP contribution in [0.25, 0.3) is 0 Å². The van der Waals surface area contributed by atoms with E-state index in [0.717, 1.165) is 0 Å². The second-order valence-corrected chi connectivity index (χ2v) is 3.97. The van der Waals surface area contributed by atoms with E-state index >= 15 is 0 Å². The molecule has 1 rings (SSSR count). The van der Waals surface area contributed by atoms with Gasteiger partial charge in [0.05, 0.1) is 6.10 Å². The summed E-state index contributed by atoms with van der Waals surface area (Å²) in [5.41, 5.74) is 6.56. The second kappa shape index (κ2) is 5.52. The zero-order valence-corrected chi connectivity index (χ0v) is 10.1. The first-order valence-corrected chi connectivity index (χ1v) is 5.28. The zero-order chi connectivity index (χ0) is 13.0. The fourth-order valence-electron chi connectivity index (χ4n) is 1.21. The van der Waals surface area contributed by atoms with Crippen LogP contribution in [0.5, 0.6) is 5.75 Å². The molecule has 0 radical (unpaired) electrons. The number of anilines is 1. The largest absolute Gasteiger partial charge is 0.479 e. The molecule has 0 heterocycles. The minimum Gasteiger partial charge on any atom is -0.479 e. The van der Waals surface area contributed by atoms with Crippen molar-refractivity contribution in [3.8, 4) is 5.75 Å². The Bertz CT molecular complexity index is 418. The highest BCUT2D eigenvalue weighted by Gasteiger charge is 2.10. The molecular formula is C12H16FNO3. The smallest absolute Gasteiger partial charge is 0.344 e. The van der Waals surface area contributed by atoms with E-state index in [1.807, 2.05) is 0 Å². The quantitative estimate of drug-likeness (QED) is 0.647. The van der Waals surface area contributed by atoms with Crippen LogP contribution in [-0.4, -0.2) is 18.7 Å². The SMILES string of the molecule is Cc1cc(OCC(=O)OC(C)C)c(F)cc1N. The summed E-state index contributed by atoms with van der Waals surface area (Å²) < 4.78 is 23.3. The van der Waals surface area contributed by atoms with E-state index in [4.69, 9.17) is 15.2 Å². The number of nitrogens with two attached hydrogens (primary N) is 1. The molecule has 0 aromatic heterocycles. The van der Waals surface area contributed by atoms with Crippen molar-refractivity contribution in [1.29, 1.82) is 0 Å². The first kappa shape index (κ1) is 13.3. The fraction of sp³-hybridized carbons (Fsp3) is 0.417. The number of aryl methyl sites for hydroxylation is 1. The van der Waals surface area contributed by atoms with Gasteiger partial charge in [0.2, 0.25) is 0 Å². The number of nitrogen functional groups attached to an aromatic ring is 1. The van der Waals surface area contributed by atoms with Gasteiger partial charge in [-0.05, 0) is 32.4 Å². The van der Waals surface area contributed by atoms with Crippen molar-refractivity contribution in [2.45, 2.75) is 26.9 Å². The van der Waals surface area contributed by atoms with Crippen molar-refractivity contribution in [3.63, 3.8) is 0 Å². The van der Waals surface area contributed by atoms with Gasteiger partial charge in [-0.25, -0.2) is 9.18 Å². The topological polar surface area (TPSA) is 61.5 Å². The van der Waals surface area contributed by atoms with Crippen molar-refractivity contribution in [3.05, 3.63) is 23.5 Å². The lowest BCUT2D eigenvalue weighted by Gasteiger charge is -2.11. The van der Waals surface area contributed by atoms with Gasteiger partial charge < -0.3 is 15.2 Å². The summed E-state index contributed by atoms with van der Waals surface area (Å²) in [6.45, 7) is 4.87. The number of halogens is 1. The standard InChI is InChI=1S/C12H16FNO3/c1-7(2)17-12(15)6-16-11-4-8(3)10(14)5-9(11)13/h4-5,7H,6,14H2,1-3H3. The third-order valence-corrected chi connectivity index (χ3v) is 2.03. The summed E-state index contributed by atoms with van der Waals surface area (Å²) in [6.07, 6.45) is -0.218. The summed E-state index contributed by atoms with van der Waals surface area (Å²) >= 11 is 0. The van der Waals surface area contributed by atoms with Gasteiger partial charge in [-0.1, -0.05) is 0 Å². The summed E-state index contributed by atoms with van der Waals surface area (Å²) in [4.78, 5) is 11.2. The van der Waals surface area contributed by atoms with Gasteiger partial charge >= 0.3 is 5.97 Å². The Morgan fingerprint density at radius 2 is 2.12 bits per heavy atom. The normalized spacial score (nSPS) is 10.4. The second-order valence-electron chi connectivity index (χ2n) is 3.97. The Labute approximate surface area is 99.5 Å².